The maximum Gasteiger partial charge on any atom is 0.328 e. The topological polar surface area (TPSA) is 43.8 Å². The van der Waals surface area contributed by atoms with Crippen LogP contribution in [0.2, 0.25) is 0 Å². The van der Waals surface area contributed by atoms with Crippen LogP contribution in [0.25, 0.3) is 6.08 Å². The van der Waals surface area contributed by atoms with E-state index in [4.69, 9.17) is 5.11 Å². The number of rotatable bonds is 6. The molecule has 4 nitrogen and oxygen atoms in total. The number of nitrogens with zero attached hydrogens (tertiary/aromatic N) is 2. The molecule has 1 saturated heterocycles. The summed E-state index contributed by atoms with van der Waals surface area (Å²) in [7, 11) is 2.18. The molecular weight excluding hydrogens is 284 g/mol. The molecule has 1 aromatic heterocycles. The van der Waals surface area contributed by atoms with Gasteiger partial charge in [0.15, 0.2) is 0 Å². The molecule has 0 aromatic carbocycles. The molecule has 0 bridgehead atoms. The van der Waals surface area contributed by atoms with E-state index in [1.165, 1.54) is 36.9 Å². The van der Waals surface area contributed by atoms with Gasteiger partial charge in [0.1, 0.15) is 0 Å². The minimum atomic E-state index is -0.896. The molecule has 0 spiro atoms. The van der Waals surface area contributed by atoms with Crippen molar-refractivity contribution in [2.45, 2.75) is 32.4 Å². The van der Waals surface area contributed by atoms with E-state index in [1.807, 2.05) is 11.4 Å². The summed E-state index contributed by atoms with van der Waals surface area (Å²) in [5, 5.41) is 10.8. The molecule has 1 N–H and O–H groups in total. The predicted molar refractivity (Wildman–Crippen MR) is 87.6 cm³/mol. The highest BCUT2D eigenvalue weighted by Crippen LogP contribution is 2.23. The summed E-state index contributed by atoms with van der Waals surface area (Å²) >= 11 is 1.70. The number of likely N-dealkylation sites (tertiary alicyclic amines) is 1. The first-order valence-electron chi connectivity index (χ1n) is 7.50. The average Bonchev–Trinajstić information content (AvgIpc) is 2.92. The van der Waals surface area contributed by atoms with E-state index < -0.39 is 5.97 Å². The fraction of sp³-hybridized carbons (Fsp3) is 0.562. The third kappa shape index (κ3) is 4.66. The predicted octanol–water partition coefficient (Wildman–Crippen LogP) is 2.76. The molecule has 116 valence electrons. The Morgan fingerprint density at radius 3 is 2.86 bits per heavy atom. The lowest BCUT2D eigenvalue weighted by molar-refractivity contribution is -0.131. The molecule has 0 atom stereocenters. The number of aliphatic carboxylic acids is 1. The molecular formula is C16H24N2O2S. The quantitative estimate of drug-likeness (QED) is 0.821. The summed E-state index contributed by atoms with van der Waals surface area (Å²) in [6, 6.07) is 2.62. The Hall–Kier alpha value is -1.17. The molecule has 1 aliphatic heterocycles. The van der Waals surface area contributed by atoms with Gasteiger partial charge >= 0.3 is 5.97 Å². The summed E-state index contributed by atoms with van der Waals surface area (Å²) < 4.78 is 0. The van der Waals surface area contributed by atoms with Crippen molar-refractivity contribution in [1.82, 2.24) is 9.80 Å². The first-order chi connectivity index (χ1) is 10.1. The van der Waals surface area contributed by atoms with Gasteiger partial charge < -0.3 is 10.0 Å². The molecule has 0 saturated carbocycles. The number of hydrogen-bond acceptors (Lipinski definition) is 4. The van der Waals surface area contributed by atoms with Crippen LogP contribution in [0.15, 0.2) is 17.5 Å². The minimum absolute atomic E-state index is 0.631. The number of thiophene rings is 1. The Labute approximate surface area is 130 Å². The highest BCUT2D eigenvalue weighted by atomic mass is 32.1. The molecule has 2 heterocycles. The van der Waals surface area contributed by atoms with Crippen LogP contribution in [-0.2, 0) is 11.3 Å². The zero-order valence-corrected chi connectivity index (χ0v) is 13.6. The first-order valence-corrected chi connectivity index (χ1v) is 8.38. The van der Waals surface area contributed by atoms with E-state index in [2.05, 4.69) is 23.8 Å². The van der Waals surface area contributed by atoms with Crippen LogP contribution in [0.5, 0.6) is 0 Å². The highest BCUT2D eigenvalue weighted by Gasteiger charge is 2.22. The Bertz CT molecular complexity index is 490. The average molecular weight is 308 g/mol. The fourth-order valence-corrected chi connectivity index (χ4v) is 3.75. The maximum absolute atomic E-state index is 10.6. The van der Waals surface area contributed by atoms with E-state index in [9.17, 15) is 4.79 Å². The maximum atomic E-state index is 10.6. The van der Waals surface area contributed by atoms with Gasteiger partial charge in [-0.1, -0.05) is 6.92 Å². The standard InChI is InChI=1S/C16H24N2O2S/c1-3-18-9-6-14(7-10-18)17(2)12-15-13(8-11-21-15)4-5-16(19)20/h4-5,8,11,14H,3,6-7,9-10,12H2,1-2H3,(H,19,20). The van der Waals surface area contributed by atoms with E-state index >= 15 is 0 Å². The summed E-state index contributed by atoms with van der Waals surface area (Å²) in [6.07, 6.45) is 5.35. The van der Waals surface area contributed by atoms with Gasteiger partial charge in [0, 0.05) is 23.5 Å². The highest BCUT2D eigenvalue weighted by molar-refractivity contribution is 7.10. The van der Waals surface area contributed by atoms with Crippen molar-refractivity contribution in [2.24, 2.45) is 0 Å². The van der Waals surface area contributed by atoms with Crippen LogP contribution >= 0.6 is 11.3 Å². The minimum Gasteiger partial charge on any atom is -0.478 e. The van der Waals surface area contributed by atoms with Gasteiger partial charge in [-0.25, -0.2) is 4.79 Å². The third-order valence-corrected chi connectivity index (χ3v) is 5.13. The van der Waals surface area contributed by atoms with E-state index in [0.29, 0.717) is 6.04 Å². The molecule has 1 fully saturated rings. The second-order valence-corrected chi connectivity index (χ2v) is 6.55. The monoisotopic (exact) mass is 308 g/mol. The van der Waals surface area contributed by atoms with Crippen LogP contribution in [-0.4, -0.2) is 53.6 Å². The van der Waals surface area contributed by atoms with E-state index in [1.54, 1.807) is 17.4 Å². The second kappa shape index (κ2) is 7.73. The fourth-order valence-electron chi connectivity index (χ4n) is 2.82. The van der Waals surface area contributed by atoms with Crippen molar-refractivity contribution in [3.63, 3.8) is 0 Å². The normalized spacial score (nSPS) is 17.9. The smallest absolute Gasteiger partial charge is 0.328 e. The Kier molecular flexibility index (Phi) is 5.96. The summed E-state index contributed by atoms with van der Waals surface area (Å²) in [5.74, 6) is -0.896. The number of hydrogen-bond donors (Lipinski definition) is 1. The van der Waals surface area contributed by atoms with Gasteiger partial charge in [-0.3, -0.25) is 4.90 Å². The van der Waals surface area contributed by atoms with Crippen LogP contribution in [0.3, 0.4) is 0 Å². The van der Waals surface area contributed by atoms with Crippen molar-refractivity contribution in [2.75, 3.05) is 26.7 Å². The van der Waals surface area contributed by atoms with Gasteiger partial charge in [0.25, 0.3) is 0 Å². The Morgan fingerprint density at radius 1 is 1.52 bits per heavy atom. The van der Waals surface area contributed by atoms with E-state index in [-0.39, 0.29) is 0 Å². The lowest BCUT2D eigenvalue weighted by Gasteiger charge is -2.36. The number of carboxylic acids is 1. The summed E-state index contributed by atoms with van der Waals surface area (Å²) in [5.41, 5.74) is 1.03. The zero-order chi connectivity index (χ0) is 15.2. The molecule has 21 heavy (non-hydrogen) atoms. The largest absolute Gasteiger partial charge is 0.478 e. The van der Waals surface area contributed by atoms with Gasteiger partial charge in [0.05, 0.1) is 0 Å². The molecule has 1 aliphatic rings. The lowest BCUT2D eigenvalue weighted by atomic mass is 10.0. The Balaban J connectivity index is 1.93. The number of piperidine rings is 1. The van der Waals surface area contributed by atoms with Crippen molar-refractivity contribution in [1.29, 1.82) is 0 Å². The number of carbonyl (C=O) groups is 1. The van der Waals surface area contributed by atoms with Crippen LogP contribution in [0, 0.1) is 0 Å². The van der Waals surface area contributed by atoms with E-state index in [0.717, 1.165) is 18.7 Å². The van der Waals surface area contributed by atoms with Gasteiger partial charge in [-0.15, -0.1) is 11.3 Å². The molecule has 1 aromatic rings. The zero-order valence-electron chi connectivity index (χ0n) is 12.8. The number of carboxylic acid groups (broad SMARTS) is 1. The van der Waals surface area contributed by atoms with Gasteiger partial charge in [-0.05, 0) is 62.6 Å². The van der Waals surface area contributed by atoms with Crippen molar-refractivity contribution < 1.29 is 9.90 Å². The van der Waals surface area contributed by atoms with Crippen molar-refractivity contribution in [3.8, 4) is 0 Å². The third-order valence-electron chi connectivity index (χ3n) is 4.21. The van der Waals surface area contributed by atoms with Crippen LogP contribution in [0.4, 0.5) is 0 Å². The molecule has 5 heteroatoms. The molecule has 0 radical (unpaired) electrons. The molecule has 0 amide bonds. The van der Waals surface area contributed by atoms with Crippen molar-refractivity contribution >= 4 is 23.4 Å². The van der Waals surface area contributed by atoms with Gasteiger partial charge in [0.2, 0.25) is 0 Å². The molecule has 2 rings (SSSR count). The lowest BCUT2D eigenvalue weighted by Crippen LogP contribution is -2.42. The molecule has 0 unspecified atom stereocenters. The Morgan fingerprint density at radius 2 is 2.24 bits per heavy atom. The second-order valence-electron chi connectivity index (χ2n) is 5.55. The molecule has 0 aliphatic carbocycles. The first kappa shape index (κ1) is 16.2. The van der Waals surface area contributed by atoms with Crippen LogP contribution < -0.4 is 0 Å². The van der Waals surface area contributed by atoms with Crippen molar-refractivity contribution in [3.05, 3.63) is 28.0 Å². The van der Waals surface area contributed by atoms with Gasteiger partial charge in [-0.2, -0.15) is 0 Å². The SMILES string of the molecule is CCN1CCC(N(C)Cc2sccc2C=CC(=O)O)CC1. The van der Waals surface area contributed by atoms with Crippen LogP contribution in [0.1, 0.15) is 30.2 Å². The summed E-state index contributed by atoms with van der Waals surface area (Å²) in [4.78, 5) is 16.8. The summed E-state index contributed by atoms with van der Waals surface area (Å²) in [6.45, 7) is 6.62.